The maximum absolute atomic E-state index is 12.8. The summed E-state index contributed by atoms with van der Waals surface area (Å²) in [5.41, 5.74) is 14.5. The third kappa shape index (κ3) is 15.3. The molecule has 296 valence electrons. The molecule has 0 saturated carbocycles. The zero-order chi connectivity index (χ0) is 40.4. The van der Waals surface area contributed by atoms with Gasteiger partial charge in [-0.15, -0.1) is 11.3 Å². The largest absolute Gasteiger partial charge is 0.494 e. The van der Waals surface area contributed by atoms with Crippen LogP contribution in [0.25, 0.3) is 22.5 Å². The number of nitrogens with zero attached hydrogens (tertiary/aromatic N) is 3. The van der Waals surface area contributed by atoms with E-state index in [2.05, 4.69) is 43.0 Å². The van der Waals surface area contributed by atoms with Crippen molar-refractivity contribution in [2.45, 2.75) is 90.5 Å². The lowest BCUT2D eigenvalue weighted by Crippen LogP contribution is -2.45. The average molecular weight is 773 g/mol. The molecule has 13 heteroatoms. The molecule has 2 heterocycles. The van der Waals surface area contributed by atoms with E-state index in [-0.39, 0.29) is 36.5 Å². The zero-order valence-corrected chi connectivity index (χ0v) is 33.5. The number of benzene rings is 2. The van der Waals surface area contributed by atoms with Crippen LogP contribution in [-0.2, 0) is 26.2 Å². The van der Waals surface area contributed by atoms with Gasteiger partial charge < -0.3 is 31.5 Å². The van der Waals surface area contributed by atoms with Gasteiger partial charge in [0.15, 0.2) is 5.82 Å². The first-order valence-corrected chi connectivity index (χ1v) is 19.5. The Morgan fingerprint density at radius 3 is 2.07 bits per heavy atom. The number of carboxylic acid groups (broad SMARTS) is 1. The van der Waals surface area contributed by atoms with Crippen LogP contribution in [-0.4, -0.2) is 76.5 Å². The molecule has 0 aliphatic carbocycles. The zero-order valence-electron chi connectivity index (χ0n) is 32.7. The first-order valence-electron chi connectivity index (χ1n) is 18.7. The number of primary amides is 1. The van der Waals surface area contributed by atoms with E-state index in [1.165, 1.54) is 41.9 Å². The maximum atomic E-state index is 12.8. The van der Waals surface area contributed by atoms with Gasteiger partial charge in [-0.05, 0) is 47.2 Å². The number of aliphatic carboxylic acids is 1. The predicted molar refractivity (Wildman–Crippen MR) is 218 cm³/mol. The van der Waals surface area contributed by atoms with E-state index in [1.54, 1.807) is 13.1 Å². The molecule has 0 spiro atoms. The van der Waals surface area contributed by atoms with Gasteiger partial charge in [0.2, 0.25) is 11.8 Å². The minimum absolute atomic E-state index is 0.0475. The number of carbonyl (C=O) groups is 4. The molecule has 12 nitrogen and oxygen atoms in total. The van der Waals surface area contributed by atoms with Crippen molar-refractivity contribution in [3.05, 3.63) is 88.4 Å². The fourth-order valence-corrected chi connectivity index (χ4v) is 6.30. The van der Waals surface area contributed by atoms with Gasteiger partial charge in [-0.25, -0.2) is 9.97 Å². The number of unbranched alkanes of at least 4 members (excludes halogenated alkanes) is 4. The number of amides is 3. The van der Waals surface area contributed by atoms with Gasteiger partial charge in [-0.3, -0.25) is 19.2 Å². The fourth-order valence-electron chi connectivity index (χ4n) is 5.33. The highest BCUT2D eigenvalue weighted by Crippen LogP contribution is 2.29. The number of nitrogens with one attached hydrogen (secondary N) is 1. The highest BCUT2D eigenvalue weighted by Gasteiger charge is 2.23. The van der Waals surface area contributed by atoms with Crippen molar-refractivity contribution < 1.29 is 29.0 Å². The summed E-state index contributed by atoms with van der Waals surface area (Å²) in [7, 11) is 1.61. The van der Waals surface area contributed by atoms with Crippen LogP contribution in [0, 0.1) is 0 Å². The Morgan fingerprint density at radius 1 is 0.873 bits per heavy atom. The number of hydrogen-bond acceptors (Lipinski definition) is 9. The van der Waals surface area contributed by atoms with E-state index >= 15 is 0 Å². The molecule has 0 bridgehead atoms. The van der Waals surface area contributed by atoms with Crippen molar-refractivity contribution in [1.82, 2.24) is 20.2 Å². The van der Waals surface area contributed by atoms with Crippen molar-refractivity contribution >= 4 is 35.0 Å². The lowest BCUT2D eigenvalue weighted by atomic mass is 9.95. The first kappa shape index (κ1) is 44.3. The molecule has 0 saturated heterocycles. The van der Waals surface area contributed by atoms with Crippen molar-refractivity contribution in [2.75, 3.05) is 26.7 Å². The fraction of sp³-hybridized carbons (Fsp3) is 0.429. The summed E-state index contributed by atoms with van der Waals surface area (Å²) in [5.74, 6) is -0.533. The Morgan fingerprint density at radius 2 is 1.51 bits per heavy atom. The summed E-state index contributed by atoms with van der Waals surface area (Å²) >= 11 is 1.43. The Kier molecular flexibility index (Phi) is 17.9. The minimum atomic E-state index is -0.954. The number of hydrogen-bond donors (Lipinski definition) is 4. The third-order valence-corrected chi connectivity index (χ3v) is 10.2. The minimum Gasteiger partial charge on any atom is -0.494 e. The number of thiophene rings is 1. The number of ether oxygens (including phenoxy) is 1. The molecule has 6 N–H and O–H groups in total. The molecule has 2 aromatic heterocycles. The number of likely N-dealkylation sites (N-methyl/N-ethyl adjacent to an activating group) is 1. The molecule has 0 aliphatic rings. The van der Waals surface area contributed by atoms with Crippen molar-refractivity contribution in [1.29, 1.82) is 0 Å². The number of nitrogens with two attached hydrogens (primary N) is 2. The summed E-state index contributed by atoms with van der Waals surface area (Å²) in [5, 5.41) is 11.1. The summed E-state index contributed by atoms with van der Waals surface area (Å²) in [6.45, 7) is 10.1. The second-order valence-corrected chi connectivity index (χ2v) is 15.4. The molecule has 1 atom stereocenters. The van der Waals surface area contributed by atoms with E-state index in [0.29, 0.717) is 23.8 Å². The monoisotopic (exact) mass is 772 g/mol. The predicted octanol–water partition coefficient (Wildman–Crippen LogP) is 6.61. The maximum Gasteiger partial charge on any atom is 0.303 e. The van der Waals surface area contributed by atoms with Crippen molar-refractivity contribution in [3.8, 4) is 28.3 Å². The molecule has 4 aromatic rings. The number of rotatable bonds is 19. The second kappa shape index (κ2) is 22.3. The van der Waals surface area contributed by atoms with Crippen molar-refractivity contribution in [3.63, 3.8) is 0 Å². The van der Waals surface area contributed by atoms with Crippen LogP contribution in [0.4, 0.5) is 0 Å². The quantitative estimate of drug-likeness (QED) is 0.0760. The smallest absolute Gasteiger partial charge is 0.303 e. The van der Waals surface area contributed by atoms with Gasteiger partial charge in [-0.1, -0.05) is 89.8 Å². The van der Waals surface area contributed by atoms with Crippen molar-refractivity contribution in [2.24, 2.45) is 11.5 Å². The topological polar surface area (TPSA) is 191 Å². The molecule has 0 aliphatic heterocycles. The van der Waals surface area contributed by atoms with Crippen LogP contribution in [0.5, 0.6) is 5.75 Å². The molecule has 4 rings (SSSR count). The Balaban J connectivity index is 0.000000583. The standard InChI is InChI=1S/C35H42N4O3S.C7H14N2O3/c1-5-6-7-8-9-20-42-28-16-14-25(15-17-28)27-22-37-33(38-23-27)26-12-10-24(11-13-26)21-29(32(36)40)39-34(41)30-18-19-31(43-30)35(2,3)4;1-9(5-4-8)6(10)2-3-7(11)12/h10-19,22-23,29H,5-9,20-21H2,1-4H3,(H2,36,40)(H,39,41);2-5,8H2,1H3,(H,11,12). The molecule has 0 fully saturated rings. The van der Waals surface area contributed by atoms with E-state index in [0.717, 1.165) is 45.9 Å². The van der Waals surface area contributed by atoms with Crippen LogP contribution >= 0.6 is 11.3 Å². The van der Waals surface area contributed by atoms with Gasteiger partial charge in [-0.2, -0.15) is 0 Å². The summed E-state index contributed by atoms with van der Waals surface area (Å²) < 4.78 is 5.87. The second-order valence-electron chi connectivity index (χ2n) is 14.3. The Hall–Kier alpha value is -5.14. The normalized spacial score (nSPS) is 11.5. The lowest BCUT2D eigenvalue weighted by Gasteiger charge is -2.16. The number of aromatic nitrogens is 2. The molecule has 55 heavy (non-hydrogen) atoms. The van der Waals surface area contributed by atoms with Gasteiger partial charge >= 0.3 is 5.97 Å². The van der Waals surface area contributed by atoms with E-state index in [1.807, 2.05) is 67.0 Å². The van der Waals surface area contributed by atoms with Crippen LogP contribution in [0.3, 0.4) is 0 Å². The van der Waals surface area contributed by atoms with E-state index in [4.69, 9.17) is 21.3 Å². The van der Waals surface area contributed by atoms with Gasteiger partial charge in [0.05, 0.1) is 17.9 Å². The molecular weight excluding hydrogens is 717 g/mol. The summed E-state index contributed by atoms with van der Waals surface area (Å²) in [4.78, 5) is 58.4. The Labute approximate surface area is 328 Å². The highest BCUT2D eigenvalue weighted by atomic mass is 32.1. The summed E-state index contributed by atoms with van der Waals surface area (Å²) in [6, 6.07) is 18.6. The van der Waals surface area contributed by atoms with Crippen LogP contribution in [0.2, 0.25) is 0 Å². The van der Waals surface area contributed by atoms with Gasteiger partial charge in [0, 0.05) is 61.4 Å². The SMILES string of the molecule is CCCCCCCOc1ccc(-c2cnc(-c3ccc(CC(NC(=O)c4ccc(C(C)(C)C)s4)C(N)=O)cc3)nc2)cc1.CN(CCN)C(=O)CCC(=O)O. The van der Waals surface area contributed by atoms with Gasteiger partial charge in [0.25, 0.3) is 5.91 Å². The lowest BCUT2D eigenvalue weighted by molar-refractivity contribution is -0.140. The van der Waals surface area contributed by atoms with Crippen LogP contribution < -0.4 is 21.5 Å². The third-order valence-electron chi connectivity index (χ3n) is 8.67. The Bertz CT molecular complexity index is 1800. The number of carbonyl (C=O) groups excluding carboxylic acids is 3. The van der Waals surface area contributed by atoms with E-state index < -0.39 is 17.9 Å². The summed E-state index contributed by atoms with van der Waals surface area (Å²) in [6.07, 6.45) is 9.93. The van der Waals surface area contributed by atoms with E-state index in [9.17, 15) is 19.2 Å². The van der Waals surface area contributed by atoms with Crippen LogP contribution in [0.1, 0.15) is 92.8 Å². The highest BCUT2D eigenvalue weighted by molar-refractivity contribution is 7.14. The molecular formula is C42H56N6O6S. The molecule has 3 amide bonds. The van der Waals surface area contributed by atoms with Crippen LogP contribution in [0.15, 0.2) is 73.1 Å². The average Bonchev–Trinajstić information content (AvgIpc) is 3.68. The number of carboxylic acids is 1. The molecule has 2 aromatic carbocycles. The molecule has 1 unspecified atom stereocenters. The first-order chi connectivity index (χ1) is 26.2. The molecule has 0 radical (unpaired) electrons. The van der Waals surface area contributed by atoms with Gasteiger partial charge in [0.1, 0.15) is 11.8 Å².